The Labute approximate surface area is 179 Å². The van der Waals surface area contributed by atoms with Crippen molar-refractivity contribution < 1.29 is 9.59 Å². The highest BCUT2D eigenvalue weighted by Gasteiger charge is 2.55. The molecule has 0 heterocycles. The van der Waals surface area contributed by atoms with E-state index < -0.39 is 6.04 Å². The molecule has 5 rings (SSSR count). The van der Waals surface area contributed by atoms with Gasteiger partial charge in [0.25, 0.3) is 0 Å². The van der Waals surface area contributed by atoms with Crippen molar-refractivity contribution in [2.75, 3.05) is 0 Å². The van der Waals surface area contributed by atoms with E-state index in [1.807, 2.05) is 45.0 Å². The zero-order chi connectivity index (χ0) is 20.8. The van der Waals surface area contributed by atoms with Gasteiger partial charge in [0.15, 0.2) is 0 Å². The molecular weight excluding hydrogens is 384 g/mol. The first-order valence-electron chi connectivity index (χ1n) is 11.1. The first-order valence-corrected chi connectivity index (χ1v) is 11.5. The minimum atomic E-state index is -0.509. The molecule has 0 aromatic heterocycles. The van der Waals surface area contributed by atoms with E-state index in [1.165, 1.54) is 19.3 Å². The molecule has 4 saturated carbocycles. The van der Waals surface area contributed by atoms with Crippen molar-refractivity contribution in [3.05, 3.63) is 34.9 Å². The van der Waals surface area contributed by atoms with Gasteiger partial charge in [-0.3, -0.25) is 9.59 Å². The number of halogens is 1. The molecule has 158 valence electrons. The van der Waals surface area contributed by atoms with Crippen LogP contribution in [0.1, 0.15) is 70.9 Å². The first kappa shape index (κ1) is 20.7. The number of carbonyl (C=O) groups is 2. The molecule has 4 bridgehead atoms. The lowest BCUT2D eigenvalue weighted by atomic mass is 9.49. The van der Waals surface area contributed by atoms with Crippen LogP contribution in [0.2, 0.25) is 5.02 Å². The molecule has 4 nitrogen and oxygen atoms in total. The van der Waals surface area contributed by atoms with Gasteiger partial charge in [0.1, 0.15) is 6.04 Å². The molecule has 0 radical (unpaired) electrons. The molecule has 0 spiro atoms. The van der Waals surface area contributed by atoms with Crippen molar-refractivity contribution >= 4 is 23.4 Å². The lowest BCUT2D eigenvalue weighted by Gasteiger charge is -2.55. The molecule has 2 atom stereocenters. The maximum atomic E-state index is 13.4. The van der Waals surface area contributed by atoms with Crippen LogP contribution >= 0.6 is 11.6 Å². The summed E-state index contributed by atoms with van der Waals surface area (Å²) < 4.78 is 0. The van der Waals surface area contributed by atoms with Gasteiger partial charge in [0.2, 0.25) is 11.8 Å². The third-order valence-electron chi connectivity index (χ3n) is 7.48. The summed E-state index contributed by atoms with van der Waals surface area (Å²) in [5.41, 5.74) is 0.766. The van der Waals surface area contributed by atoms with E-state index in [-0.39, 0.29) is 29.2 Å². The van der Waals surface area contributed by atoms with Crippen LogP contribution in [-0.4, -0.2) is 17.9 Å². The molecule has 2 unspecified atom stereocenters. The second-order valence-corrected chi connectivity index (χ2v) is 10.6. The summed E-state index contributed by atoms with van der Waals surface area (Å²) in [6, 6.07) is 6.85. The maximum Gasteiger partial charge on any atom is 0.243 e. The highest BCUT2D eigenvalue weighted by molar-refractivity contribution is 6.30. The van der Waals surface area contributed by atoms with Crippen molar-refractivity contribution in [3.8, 4) is 0 Å². The van der Waals surface area contributed by atoms with Crippen LogP contribution in [0.5, 0.6) is 0 Å². The van der Waals surface area contributed by atoms with Gasteiger partial charge in [0.05, 0.1) is 6.04 Å². The number of nitrogens with one attached hydrogen (secondary N) is 2. The summed E-state index contributed by atoms with van der Waals surface area (Å²) in [5.74, 6) is 2.17. The van der Waals surface area contributed by atoms with Gasteiger partial charge in [-0.1, -0.05) is 37.6 Å². The Morgan fingerprint density at radius 2 is 1.45 bits per heavy atom. The molecule has 4 fully saturated rings. The summed E-state index contributed by atoms with van der Waals surface area (Å²) in [6.07, 6.45) is 6.95. The summed E-state index contributed by atoms with van der Waals surface area (Å²) in [5, 5.41) is 6.92. The average Bonchev–Trinajstić information content (AvgIpc) is 2.64. The van der Waals surface area contributed by atoms with Gasteiger partial charge in [-0.15, -0.1) is 0 Å². The fourth-order valence-electron chi connectivity index (χ4n) is 6.36. The van der Waals surface area contributed by atoms with Crippen molar-refractivity contribution in [1.82, 2.24) is 10.6 Å². The molecule has 1 aromatic carbocycles. The Kier molecular flexibility index (Phi) is 5.67. The fraction of sp³-hybridized carbons (Fsp3) is 0.667. The van der Waals surface area contributed by atoms with E-state index in [2.05, 4.69) is 10.6 Å². The fourth-order valence-corrected chi connectivity index (χ4v) is 6.48. The number of rotatable bonds is 6. The minimum absolute atomic E-state index is 0.0327. The molecule has 2 N–H and O–H groups in total. The van der Waals surface area contributed by atoms with Crippen LogP contribution in [0.15, 0.2) is 24.3 Å². The van der Waals surface area contributed by atoms with E-state index in [0.717, 1.165) is 24.8 Å². The van der Waals surface area contributed by atoms with Crippen molar-refractivity contribution in [2.45, 2.75) is 71.4 Å². The summed E-state index contributed by atoms with van der Waals surface area (Å²) in [4.78, 5) is 26.4. The number of amides is 2. The van der Waals surface area contributed by atoms with Crippen molar-refractivity contribution in [1.29, 1.82) is 0 Å². The van der Waals surface area contributed by atoms with Gasteiger partial charge in [-0.2, -0.15) is 0 Å². The van der Waals surface area contributed by atoms with Gasteiger partial charge in [-0.05, 0) is 86.8 Å². The van der Waals surface area contributed by atoms with E-state index >= 15 is 0 Å². The predicted molar refractivity (Wildman–Crippen MR) is 115 cm³/mol. The Morgan fingerprint density at radius 3 is 1.93 bits per heavy atom. The molecule has 29 heavy (non-hydrogen) atoms. The molecular formula is C24H33ClN2O2. The molecule has 4 aliphatic carbocycles. The van der Waals surface area contributed by atoms with Gasteiger partial charge in [-0.25, -0.2) is 0 Å². The van der Waals surface area contributed by atoms with Gasteiger partial charge in [0, 0.05) is 10.4 Å². The summed E-state index contributed by atoms with van der Waals surface area (Å²) >= 11 is 5.97. The van der Waals surface area contributed by atoms with Crippen LogP contribution in [0.3, 0.4) is 0 Å². The van der Waals surface area contributed by atoms with Gasteiger partial charge < -0.3 is 10.6 Å². The lowest BCUT2D eigenvalue weighted by Crippen LogP contribution is -2.58. The number of benzene rings is 1. The van der Waals surface area contributed by atoms with E-state index in [1.54, 1.807) is 0 Å². The predicted octanol–water partition coefficient (Wildman–Crippen LogP) is 4.87. The third-order valence-corrected chi connectivity index (χ3v) is 7.74. The SMILES string of the molecule is CC(NC(=O)C(NC(=O)C12CC3CC(CC(C3)C1)C2)C(C)C)c1ccc(Cl)cc1. The van der Waals surface area contributed by atoms with E-state index in [0.29, 0.717) is 22.8 Å². The number of hydrogen-bond donors (Lipinski definition) is 2. The van der Waals surface area contributed by atoms with Crippen LogP contribution in [0.25, 0.3) is 0 Å². The van der Waals surface area contributed by atoms with Crippen LogP contribution < -0.4 is 10.6 Å². The van der Waals surface area contributed by atoms with Crippen LogP contribution in [-0.2, 0) is 9.59 Å². The summed E-state index contributed by atoms with van der Waals surface area (Å²) in [6.45, 7) is 5.95. The molecule has 2 amide bonds. The zero-order valence-corrected chi connectivity index (χ0v) is 18.5. The topological polar surface area (TPSA) is 58.2 Å². The Bertz CT molecular complexity index is 738. The maximum absolute atomic E-state index is 13.4. The van der Waals surface area contributed by atoms with Gasteiger partial charge >= 0.3 is 0 Å². The smallest absolute Gasteiger partial charge is 0.243 e. The number of carbonyl (C=O) groups excluding carboxylic acids is 2. The van der Waals surface area contributed by atoms with Crippen molar-refractivity contribution in [3.63, 3.8) is 0 Å². The average molecular weight is 417 g/mol. The monoisotopic (exact) mass is 416 g/mol. The van der Waals surface area contributed by atoms with Crippen LogP contribution in [0.4, 0.5) is 0 Å². The summed E-state index contributed by atoms with van der Waals surface area (Å²) in [7, 11) is 0. The first-order chi connectivity index (χ1) is 13.8. The lowest BCUT2D eigenvalue weighted by molar-refractivity contribution is -0.149. The highest BCUT2D eigenvalue weighted by Crippen LogP contribution is 2.60. The molecule has 4 aliphatic rings. The second-order valence-electron chi connectivity index (χ2n) is 10.2. The highest BCUT2D eigenvalue weighted by atomic mass is 35.5. The zero-order valence-electron chi connectivity index (χ0n) is 17.7. The van der Waals surface area contributed by atoms with E-state index in [9.17, 15) is 9.59 Å². The normalized spacial score (nSPS) is 32.1. The largest absolute Gasteiger partial charge is 0.348 e. The molecule has 0 aliphatic heterocycles. The third kappa shape index (κ3) is 4.19. The standard InChI is InChI=1S/C24H33ClN2O2/c1-14(2)21(22(28)26-15(3)19-4-6-20(25)7-5-19)27-23(29)24-11-16-8-17(12-24)10-18(9-16)13-24/h4-7,14-18,21H,8-13H2,1-3H3,(H,26,28)(H,27,29). The minimum Gasteiger partial charge on any atom is -0.348 e. The Balaban J connectivity index is 1.43. The quantitative estimate of drug-likeness (QED) is 0.694. The Hall–Kier alpha value is -1.55. The van der Waals surface area contributed by atoms with Crippen molar-refractivity contribution in [2.24, 2.45) is 29.1 Å². The Morgan fingerprint density at radius 1 is 0.931 bits per heavy atom. The van der Waals surface area contributed by atoms with Crippen LogP contribution in [0, 0.1) is 29.1 Å². The number of hydrogen-bond acceptors (Lipinski definition) is 2. The molecule has 1 aromatic rings. The molecule has 0 saturated heterocycles. The molecule has 5 heteroatoms. The van der Waals surface area contributed by atoms with E-state index in [4.69, 9.17) is 11.6 Å². The second kappa shape index (κ2) is 7.94.